The van der Waals surface area contributed by atoms with Crippen LogP contribution in [-0.4, -0.2) is 30.3 Å². The molecule has 0 aromatic heterocycles. The van der Waals surface area contributed by atoms with Crippen molar-refractivity contribution in [2.45, 2.75) is 28.5 Å². The van der Waals surface area contributed by atoms with Gasteiger partial charge >= 0.3 is 5.97 Å². The third-order valence-corrected chi connectivity index (χ3v) is 6.97. The molecule has 0 heterocycles. The number of benzene rings is 2. The van der Waals surface area contributed by atoms with Crippen LogP contribution in [0.25, 0.3) is 0 Å². The van der Waals surface area contributed by atoms with Crippen LogP contribution in [0.5, 0.6) is 0 Å². The molecule has 0 amide bonds. The summed E-state index contributed by atoms with van der Waals surface area (Å²) in [6.45, 7) is 1.89. The van der Waals surface area contributed by atoms with Crippen molar-refractivity contribution in [2.24, 2.45) is 5.73 Å². The molecular weight excluding hydrogens is 350 g/mol. The lowest BCUT2D eigenvalue weighted by molar-refractivity contribution is -0.139. The molecule has 0 unspecified atom stereocenters. The summed E-state index contributed by atoms with van der Waals surface area (Å²) in [5.41, 5.74) is 5.76. The molecule has 126 valence electrons. The van der Waals surface area contributed by atoms with Crippen LogP contribution < -0.4 is 5.73 Å². The Bertz CT molecular complexity index is 893. The number of hydrogen-bond acceptors (Lipinski definition) is 4. The molecule has 0 radical (unpaired) electrons. The van der Waals surface area contributed by atoms with Crippen molar-refractivity contribution in [3.05, 3.63) is 64.7 Å². The maximum absolute atomic E-state index is 12.9. The van der Waals surface area contributed by atoms with E-state index in [9.17, 15) is 18.3 Å². The largest absolute Gasteiger partial charge is 0.480 e. The number of aliphatic carboxylic acids is 1. The number of aryl methyl sites for hydroxylation is 1. The predicted octanol–water partition coefficient (Wildman–Crippen LogP) is 2.37. The van der Waals surface area contributed by atoms with Gasteiger partial charge in [0.25, 0.3) is 0 Å². The lowest BCUT2D eigenvalue weighted by Gasteiger charge is -2.07. The average Bonchev–Trinajstić information content (AvgIpc) is 3.17. The Balaban J connectivity index is 2.06. The molecule has 24 heavy (non-hydrogen) atoms. The van der Waals surface area contributed by atoms with Crippen molar-refractivity contribution >= 4 is 27.4 Å². The third kappa shape index (κ3) is 2.51. The number of hydrogen-bond donors (Lipinski definition) is 2. The molecule has 0 spiro atoms. The first kappa shape index (κ1) is 17.0. The number of rotatable bonds is 4. The van der Waals surface area contributed by atoms with Gasteiger partial charge in [0.2, 0.25) is 0 Å². The number of nitrogens with two attached hydrogens (primary N) is 1. The highest BCUT2D eigenvalue weighted by atomic mass is 35.5. The minimum Gasteiger partial charge on any atom is -0.480 e. The molecule has 2 aromatic carbocycles. The SMILES string of the molecule is Cc1ccc([C@@H]2[C@H](S(=O)(=O)c3ccc(Cl)cc3)[C@]2(N)C(=O)O)cc1. The smallest absolute Gasteiger partial charge is 0.325 e. The van der Waals surface area contributed by atoms with Crippen LogP contribution in [-0.2, 0) is 14.6 Å². The summed E-state index contributed by atoms with van der Waals surface area (Å²) in [5.74, 6) is -2.12. The van der Waals surface area contributed by atoms with Gasteiger partial charge < -0.3 is 10.8 Å². The molecule has 5 nitrogen and oxygen atoms in total. The maximum Gasteiger partial charge on any atom is 0.325 e. The van der Waals surface area contributed by atoms with E-state index in [1.54, 1.807) is 12.1 Å². The molecular formula is C17H16ClNO4S. The first-order valence-corrected chi connectivity index (χ1v) is 9.19. The zero-order valence-corrected chi connectivity index (χ0v) is 14.4. The Morgan fingerprint density at radius 2 is 1.67 bits per heavy atom. The second-order valence-corrected chi connectivity index (χ2v) is 8.55. The van der Waals surface area contributed by atoms with Gasteiger partial charge in [-0.25, -0.2) is 8.42 Å². The van der Waals surface area contributed by atoms with Gasteiger partial charge in [-0.15, -0.1) is 0 Å². The van der Waals surface area contributed by atoms with Crippen molar-refractivity contribution < 1.29 is 18.3 Å². The molecule has 2 aromatic rings. The van der Waals surface area contributed by atoms with Crippen LogP contribution in [0.2, 0.25) is 5.02 Å². The highest BCUT2D eigenvalue weighted by Crippen LogP contribution is 2.55. The Morgan fingerprint density at radius 3 is 2.17 bits per heavy atom. The van der Waals surface area contributed by atoms with Crippen molar-refractivity contribution in [3.63, 3.8) is 0 Å². The fourth-order valence-electron chi connectivity index (χ4n) is 3.06. The number of sulfone groups is 1. The van der Waals surface area contributed by atoms with E-state index in [1.165, 1.54) is 24.3 Å². The molecule has 0 bridgehead atoms. The summed E-state index contributed by atoms with van der Waals surface area (Å²) >= 11 is 5.79. The Hall–Kier alpha value is -1.89. The van der Waals surface area contributed by atoms with E-state index in [0.717, 1.165) is 5.56 Å². The number of halogens is 1. The van der Waals surface area contributed by atoms with Crippen molar-refractivity contribution in [2.75, 3.05) is 0 Å². The standard InChI is InChI=1S/C17H16ClNO4S/c1-10-2-4-11(5-3-10)14-15(17(14,19)16(20)21)24(22,23)13-8-6-12(18)7-9-13/h2-9,14-15H,19H2,1H3,(H,20,21)/t14-,15+,17+/m1/s1. The van der Waals surface area contributed by atoms with Crippen molar-refractivity contribution in [1.82, 2.24) is 0 Å². The first-order valence-electron chi connectivity index (χ1n) is 7.27. The zero-order chi connectivity index (χ0) is 17.7. The Morgan fingerprint density at radius 1 is 1.12 bits per heavy atom. The summed E-state index contributed by atoms with van der Waals surface area (Å²) in [7, 11) is -3.91. The quantitative estimate of drug-likeness (QED) is 0.866. The van der Waals surface area contributed by atoms with E-state index in [0.29, 0.717) is 10.6 Å². The number of carboxylic acid groups (broad SMARTS) is 1. The second kappa shape index (κ2) is 5.58. The predicted molar refractivity (Wildman–Crippen MR) is 90.9 cm³/mol. The van der Waals surface area contributed by atoms with Gasteiger partial charge in [-0.1, -0.05) is 41.4 Å². The topological polar surface area (TPSA) is 97.5 Å². The van der Waals surface area contributed by atoms with Gasteiger partial charge in [0.05, 0.1) is 4.90 Å². The molecule has 1 aliphatic rings. The molecule has 3 atom stereocenters. The number of carboxylic acids is 1. The monoisotopic (exact) mass is 365 g/mol. The summed E-state index contributed by atoms with van der Waals surface area (Å²) in [6, 6.07) is 12.7. The summed E-state index contributed by atoms with van der Waals surface area (Å²) in [4.78, 5) is 11.7. The fraction of sp³-hybridized carbons (Fsp3) is 0.235. The van der Waals surface area contributed by atoms with E-state index >= 15 is 0 Å². The first-order chi connectivity index (χ1) is 11.2. The zero-order valence-electron chi connectivity index (χ0n) is 12.8. The number of carbonyl (C=O) groups is 1. The Labute approximate surface area is 145 Å². The van der Waals surface area contributed by atoms with E-state index in [4.69, 9.17) is 17.3 Å². The fourth-order valence-corrected chi connectivity index (χ4v) is 5.42. The minimum absolute atomic E-state index is 0.0163. The van der Waals surface area contributed by atoms with Crippen molar-refractivity contribution in [1.29, 1.82) is 0 Å². The molecule has 1 saturated carbocycles. The van der Waals surface area contributed by atoms with Crippen LogP contribution in [0.4, 0.5) is 0 Å². The van der Waals surface area contributed by atoms with E-state index < -0.39 is 32.5 Å². The lowest BCUT2D eigenvalue weighted by atomic mass is 10.1. The summed E-state index contributed by atoms with van der Waals surface area (Å²) in [6.07, 6.45) is 0. The highest BCUT2D eigenvalue weighted by Gasteiger charge is 2.74. The van der Waals surface area contributed by atoms with Crippen LogP contribution in [0, 0.1) is 6.92 Å². The van der Waals surface area contributed by atoms with Gasteiger partial charge in [-0.3, -0.25) is 4.79 Å². The van der Waals surface area contributed by atoms with Crippen LogP contribution in [0.15, 0.2) is 53.4 Å². The van der Waals surface area contributed by atoms with E-state index in [1.807, 2.05) is 19.1 Å². The maximum atomic E-state index is 12.9. The van der Waals surface area contributed by atoms with Crippen LogP contribution in [0.3, 0.4) is 0 Å². The van der Waals surface area contributed by atoms with Crippen molar-refractivity contribution in [3.8, 4) is 0 Å². The second-order valence-electron chi connectivity index (χ2n) is 6.05. The summed E-state index contributed by atoms with van der Waals surface area (Å²) < 4.78 is 25.8. The molecule has 3 N–H and O–H groups in total. The molecule has 3 rings (SSSR count). The third-order valence-electron chi connectivity index (χ3n) is 4.46. The van der Waals surface area contributed by atoms with E-state index in [-0.39, 0.29) is 4.90 Å². The van der Waals surface area contributed by atoms with Gasteiger partial charge in [0.1, 0.15) is 10.8 Å². The molecule has 0 aliphatic heterocycles. The van der Waals surface area contributed by atoms with Crippen LogP contribution in [0.1, 0.15) is 17.0 Å². The lowest BCUT2D eigenvalue weighted by Crippen LogP contribution is -2.39. The van der Waals surface area contributed by atoms with Gasteiger partial charge in [0.15, 0.2) is 9.84 Å². The van der Waals surface area contributed by atoms with Gasteiger partial charge in [-0.2, -0.15) is 0 Å². The van der Waals surface area contributed by atoms with Gasteiger partial charge in [-0.05, 0) is 36.8 Å². The molecule has 0 saturated heterocycles. The average molecular weight is 366 g/mol. The highest BCUT2D eigenvalue weighted by molar-refractivity contribution is 7.92. The summed E-state index contributed by atoms with van der Waals surface area (Å²) in [5, 5.41) is 8.70. The molecule has 1 fully saturated rings. The van der Waals surface area contributed by atoms with E-state index in [2.05, 4.69) is 0 Å². The Kier molecular flexibility index (Phi) is 3.94. The normalized spacial score (nSPS) is 26.1. The minimum atomic E-state index is -3.91. The molecule has 1 aliphatic carbocycles. The molecule has 7 heteroatoms. The van der Waals surface area contributed by atoms with Gasteiger partial charge in [0, 0.05) is 10.9 Å². The van der Waals surface area contributed by atoms with Crippen LogP contribution >= 0.6 is 11.6 Å².